The van der Waals surface area contributed by atoms with Crippen molar-refractivity contribution in [2.75, 3.05) is 13.2 Å². The highest BCUT2D eigenvalue weighted by atomic mass is 16.5. The average Bonchev–Trinajstić information content (AvgIpc) is 2.76. The Morgan fingerprint density at radius 2 is 2.18 bits per heavy atom. The quantitative estimate of drug-likeness (QED) is 0.836. The Kier molecular flexibility index (Phi) is 5.94. The molecule has 1 aliphatic rings. The van der Waals surface area contributed by atoms with Crippen LogP contribution in [0.15, 0.2) is 4.52 Å². The third-order valence-electron chi connectivity index (χ3n) is 4.33. The number of amides is 1. The third-order valence-corrected chi connectivity index (χ3v) is 4.33. The summed E-state index contributed by atoms with van der Waals surface area (Å²) in [5.74, 6) is 2.19. The molecule has 1 saturated heterocycles. The molecule has 2 heterocycles. The zero-order chi connectivity index (χ0) is 16.1. The molecule has 0 spiro atoms. The molecule has 0 aliphatic carbocycles. The fourth-order valence-electron chi connectivity index (χ4n) is 2.99. The van der Waals surface area contributed by atoms with Gasteiger partial charge >= 0.3 is 0 Å². The standard InChI is InChI=1S/C16H27N3O3/c1-11(2)14-6-5-12(3)7-8-19(14)16(20)10-21-9-15-17-13(4)18-22-15/h11-12,14H,5-10H2,1-4H3/t12-,14+/m1/s1. The predicted molar refractivity (Wildman–Crippen MR) is 82.0 cm³/mol. The number of rotatable bonds is 5. The maximum Gasteiger partial charge on any atom is 0.252 e. The lowest BCUT2D eigenvalue weighted by atomic mass is 9.95. The molecule has 1 aromatic heterocycles. The smallest absolute Gasteiger partial charge is 0.252 e. The van der Waals surface area contributed by atoms with E-state index in [1.54, 1.807) is 6.92 Å². The van der Waals surface area contributed by atoms with Gasteiger partial charge < -0.3 is 14.2 Å². The Hall–Kier alpha value is -1.43. The van der Waals surface area contributed by atoms with Crippen LogP contribution >= 0.6 is 0 Å². The van der Waals surface area contributed by atoms with Gasteiger partial charge in [0.25, 0.3) is 5.89 Å². The maximum absolute atomic E-state index is 12.5. The normalized spacial score (nSPS) is 22.9. The maximum atomic E-state index is 12.5. The fraction of sp³-hybridized carbons (Fsp3) is 0.812. The van der Waals surface area contributed by atoms with Crippen LogP contribution in [0.25, 0.3) is 0 Å². The van der Waals surface area contributed by atoms with Crippen molar-refractivity contribution in [2.45, 2.75) is 59.6 Å². The molecule has 6 heteroatoms. The largest absolute Gasteiger partial charge is 0.362 e. The van der Waals surface area contributed by atoms with Gasteiger partial charge in [0.1, 0.15) is 13.2 Å². The fourth-order valence-corrected chi connectivity index (χ4v) is 2.99. The molecular formula is C16H27N3O3. The molecule has 0 N–H and O–H groups in total. The van der Waals surface area contributed by atoms with Crippen LogP contribution in [0.3, 0.4) is 0 Å². The van der Waals surface area contributed by atoms with E-state index in [-0.39, 0.29) is 19.1 Å². The lowest BCUT2D eigenvalue weighted by Crippen LogP contribution is -2.44. The van der Waals surface area contributed by atoms with Gasteiger partial charge in [-0.2, -0.15) is 4.98 Å². The summed E-state index contributed by atoms with van der Waals surface area (Å²) in [6.07, 6.45) is 3.33. The van der Waals surface area contributed by atoms with E-state index in [9.17, 15) is 4.79 Å². The molecule has 0 aromatic carbocycles. The molecule has 1 fully saturated rings. The van der Waals surface area contributed by atoms with Crippen LogP contribution in [0.2, 0.25) is 0 Å². The lowest BCUT2D eigenvalue weighted by molar-refractivity contribution is -0.140. The summed E-state index contributed by atoms with van der Waals surface area (Å²) < 4.78 is 10.4. The summed E-state index contributed by atoms with van der Waals surface area (Å²) in [4.78, 5) is 18.6. The van der Waals surface area contributed by atoms with Crippen LogP contribution < -0.4 is 0 Å². The van der Waals surface area contributed by atoms with Crippen molar-refractivity contribution in [1.82, 2.24) is 15.0 Å². The monoisotopic (exact) mass is 309 g/mol. The first-order valence-electron chi connectivity index (χ1n) is 8.13. The van der Waals surface area contributed by atoms with E-state index in [1.165, 1.54) is 6.42 Å². The molecule has 1 amide bonds. The van der Waals surface area contributed by atoms with Crippen LogP contribution in [0.1, 0.15) is 51.7 Å². The summed E-state index contributed by atoms with van der Waals surface area (Å²) in [6, 6.07) is 0.312. The van der Waals surface area contributed by atoms with E-state index in [0.717, 1.165) is 19.4 Å². The minimum atomic E-state index is 0.0593. The van der Waals surface area contributed by atoms with Crippen molar-refractivity contribution < 1.29 is 14.1 Å². The summed E-state index contributed by atoms with van der Waals surface area (Å²) in [5.41, 5.74) is 0. The van der Waals surface area contributed by atoms with Gasteiger partial charge in [-0.15, -0.1) is 0 Å². The van der Waals surface area contributed by atoms with Crippen LogP contribution in [-0.2, 0) is 16.1 Å². The Labute approximate surface area is 132 Å². The first kappa shape index (κ1) is 16.9. The van der Waals surface area contributed by atoms with Crippen LogP contribution in [0, 0.1) is 18.8 Å². The van der Waals surface area contributed by atoms with E-state index >= 15 is 0 Å². The highest BCUT2D eigenvalue weighted by Gasteiger charge is 2.29. The van der Waals surface area contributed by atoms with Gasteiger partial charge in [0.15, 0.2) is 5.82 Å². The average molecular weight is 309 g/mol. The Balaban J connectivity index is 1.88. The molecule has 0 bridgehead atoms. The number of hydrogen-bond acceptors (Lipinski definition) is 5. The topological polar surface area (TPSA) is 68.5 Å². The summed E-state index contributed by atoms with van der Waals surface area (Å²) in [5, 5.41) is 3.70. The molecule has 0 saturated carbocycles. The van der Waals surface area contributed by atoms with Crippen LogP contribution in [-0.4, -0.2) is 40.1 Å². The number of carbonyl (C=O) groups excluding carboxylic acids is 1. The first-order chi connectivity index (χ1) is 10.5. The van der Waals surface area contributed by atoms with Crippen molar-refractivity contribution in [3.63, 3.8) is 0 Å². The molecule has 6 nitrogen and oxygen atoms in total. The second-order valence-corrected chi connectivity index (χ2v) is 6.60. The highest BCUT2D eigenvalue weighted by Crippen LogP contribution is 2.26. The number of nitrogens with zero attached hydrogens (tertiary/aromatic N) is 3. The van der Waals surface area contributed by atoms with E-state index in [1.807, 2.05) is 4.90 Å². The molecule has 22 heavy (non-hydrogen) atoms. The molecule has 124 valence electrons. The van der Waals surface area contributed by atoms with E-state index in [2.05, 4.69) is 30.9 Å². The zero-order valence-electron chi connectivity index (χ0n) is 14.0. The number of aromatic nitrogens is 2. The third kappa shape index (κ3) is 4.53. The van der Waals surface area contributed by atoms with Gasteiger partial charge in [0.05, 0.1) is 0 Å². The highest BCUT2D eigenvalue weighted by molar-refractivity contribution is 5.77. The minimum Gasteiger partial charge on any atom is -0.362 e. The predicted octanol–water partition coefficient (Wildman–Crippen LogP) is 2.57. The van der Waals surface area contributed by atoms with Crippen molar-refractivity contribution in [1.29, 1.82) is 0 Å². The Morgan fingerprint density at radius 3 is 2.82 bits per heavy atom. The Morgan fingerprint density at radius 1 is 1.41 bits per heavy atom. The van der Waals surface area contributed by atoms with Gasteiger partial charge in [-0.3, -0.25) is 4.79 Å². The summed E-state index contributed by atoms with van der Waals surface area (Å²) in [7, 11) is 0. The zero-order valence-corrected chi connectivity index (χ0v) is 14.0. The second kappa shape index (κ2) is 7.72. The molecule has 1 aromatic rings. The summed E-state index contributed by atoms with van der Waals surface area (Å²) in [6.45, 7) is 9.46. The van der Waals surface area contributed by atoms with Crippen molar-refractivity contribution in [3.8, 4) is 0 Å². The van der Waals surface area contributed by atoms with E-state index in [4.69, 9.17) is 9.26 Å². The van der Waals surface area contributed by atoms with Crippen molar-refractivity contribution in [3.05, 3.63) is 11.7 Å². The van der Waals surface area contributed by atoms with Gasteiger partial charge in [-0.25, -0.2) is 0 Å². The number of carbonyl (C=O) groups is 1. The van der Waals surface area contributed by atoms with Gasteiger partial charge in [0, 0.05) is 12.6 Å². The number of aryl methyl sites for hydroxylation is 1. The SMILES string of the molecule is Cc1noc(COCC(=O)N2CC[C@H](C)CC[C@H]2C(C)C)n1. The molecule has 1 aliphatic heterocycles. The van der Waals surface area contributed by atoms with E-state index < -0.39 is 0 Å². The van der Waals surface area contributed by atoms with Gasteiger partial charge in [-0.1, -0.05) is 25.9 Å². The second-order valence-electron chi connectivity index (χ2n) is 6.60. The molecule has 2 atom stereocenters. The first-order valence-corrected chi connectivity index (χ1v) is 8.13. The lowest BCUT2D eigenvalue weighted by Gasteiger charge is -2.32. The van der Waals surface area contributed by atoms with Gasteiger partial charge in [0.2, 0.25) is 5.91 Å². The minimum absolute atomic E-state index is 0.0593. The number of hydrogen-bond donors (Lipinski definition) is 0. The van der Waals surface area contributed by atoms with E-state index in [0.29, 0.717) is 29.6 Å². The van der Waals surface area contributed by atoms with Crippen LogP contribution in [0.4, 0.5) is 0 Å². The molecule has 0 radical (unpaired) electrons. The Bertz CT molecular complexity index is 487. The molecule has 2 rings (SSSR count). The van der Waals surface area contributed by atoms with Crippen LogP contribution in [0.5, 0.6) is 0 Å². The summed E-state index contributed by atoms with van der Waals surface area (Å²) >= 11 is 0. The number of likely N-dealkylation sites (tertiary alicyclic amines) is 1. The van der Waals surface area contributed by atoms with Crippen molar-refractivity contribution >= 4 is 5.91 Å². The number of ether oxygens (including phenoxy) is 1. The molecular weight excluding hydrogens is 282 g/mol. The van der Waals surface area contributed by atoms with Crippen molar-refractivity contribution in [2.24, 2.45) is 11.8 Å². The molecule has 0 unspecified atom stereocenters. The van der Waals surface area contributed by atoms with Gasteiger partial charge in [-0.05, 0) is 38.0 Å².